The Morgan fingerprint density at radius 3 is 2.71 bits per heavy atom. The van der Waals surface area contributed by atoms with Crippen LogP contribution in [0.5, 0.6) is 0 Å². The fourth-order valence-electron chi connectivity index (χ4n) is 4.03. The second-order valence-electron chi connectivity index (χ2n) is 7.72. The van der Waals surface area contributed by atoms with Gasteiger partial charge in [0, 0.05) is 30.3 Å². The molecule has 0 bridgehead atoms. The van der Waals surface area contributed by atoms with Gasteiger partial charge in [0.2, 0.25) is 0 Å². The highest BCUT2D eigenvalue weighted by molar-refractivity contribution is 7.80. The molecule has 1 aromatic carbocycles. The van der Waals surface area contributed by atoms with Crippen LogP contribution in [0.15, 0.2) is 60.9 Å². The first-order valence-electron chi connectivity index (χ1n) is 10.3. The molecule has 0 saturated carbocycles. The number of rotatable bonds is 6. The number of thiocarbonyl (C=S) groups is 1. The molecular weight excluding hydrogens is 408 g/mol. The summed E-state index contributed by atoms with van der Waals surface area (Å²) in [6.45, 7) is 4.69. The first kappa shape index (κ1) is 21.1. The lowest BCUT2D eigenvalue weighted by molar-refractivity contribution is -0.140. The maximum atomic E-state index is 11.8. The van der Waals surface area contributed by atoms with Crippen molar-refractivity contribution >= 4 is 23.3 Å². The largest absolute Gasteiger partial charge is 0.469 e. The van der Waals surface area contributed by atoms with Gasteiger partial charge >= 0.3 is 5.97 Å². The summed E-state index contributed by atoms with van der Waals surface area (Å²) in [7, 11) is 1.40. The highest BCUT2D eigenvalue weighted by Crippen LogP contribution is 2.39. The zero-order chi connectivity index (χ0) is 22.0. The van der Waals surface area contributed by atoms with E-state index in [9.17, 15) is 4.79 Å². The van der Waals surface area contributed by atoms with Crippen LogP contribution in [0.3, 0.4) is 0 Å². The summed E-state index contributed by atoms with van der Waals surface area (Å²) in [6, 6.07) is 16.2. The van der Waals surface area contributed by atoms with Gasteiger partial charge in [-0.25, -0.2) is 0 Å². The number of benzene rings is 1. The summed E-state index contributed by atoms with van der Waals surface area (Å²) >= 11 is 5.68. The van der Waals surface area contributed by atoms with E-state index in [1.165, 1.54) is 18.2 Å². The molecule has 1 fully saturated rings. The Morgan fingerprint density at radius 2 is 2.00 bits per heavy atom. The Labute approximate surface area is 187 Å². The normalized spacial score (nSPS) is 18.2. The van der Waals surface area contributed by atoms with Crippen LogP contribution in [0.25, 0.3) is 5.69 Å². The number of nitrogens with one attached hydrogen (secondary N) is 1. The Balaban J connectivity index is 1.77. The van der Waals surface area contributed by atoms with E-state index < -0.39 is 0 Å². The number of methoxy groups -OCH3 is 1. The number of nitrogens with zero attached hydrogens (tertiary/aromatic N) is 3. The third kappa shape index (κ3) is 4.18. The minimum absolute atomic E-state index is 0.122. The van der Waals surface area contributed by atoms with Crippen molar-refractivity contribution in [1.82, 2.24) is 19.8 Å². The van der Waals surface area contributed by atoms with Crippen LogP contribution in [-0.2, 0) is 9.53 Å². The van der Waals surface area contributed by atoms with Crippen LogP contribution < -0.4 is 5.32 Å². The SMILES string of the molecule is COC(=O)CCN1C(=S)N[C@@H](c2ccccn2)[C@@H]1c1cccn1-c1ccc(C)c(C)c1. The predicted octanol–water partition coefficient (Wildman–Crippen LogP) is 4.02. The molecule has 160 valence electrons. The molecule has 6 nitrogen and oxygen atoms in total. The molecule has 1 saturated heterocycles. The molecule has 2 atom stereocenters. The average molecular weight is 435 g/mol. The first-order valence-corrected chi connectivity index (χ1v) is 10.7. The zero-order valence-corrected chi connectivity index (χ0v) is 18.7. The molecule has 0 unspecified atom stereocenters. The van der Waals surface area contributed by atoms with E-state index in [-0.39, 0.29) is 24.5 Å². The maximum absolute atomic E-state index is 11.8. The van der Waals surface area contributed by atoms with Crippen molar-refractivity contribution in [3.63, 3.8) is 0 Å². The lowest BCUT2D eigenvalue weighted by Crippen LogP contribution is -2.32. The van der Waals surface area contributed by atoms with Gasteiger partial charge in [0.25, 0.3) is 0 Å². The molecule has 1 N–H and O–H groups in total. The highest BCUT2D eigenvalue weighted by Gasteiger charge is 2.41. The molecule has 1 aliphatic heterocycles. The van der Waals surface area contributed by atoms with Gasteiger partial charge in [-0.05, 0) is 73.6 Å². The summed E-state index contributed by atoms with van der Waals surface area (Å²) in [4.78, 5) is 18.5. The van der Waals surface area contributed by atoms with Gasteiger partial charge in [-0.3, -0.25) is 9.78 Å². The number of hydrogen-bond acceptors (Lipinski definition) is 4. The van der Waals surface area contributed by atoms with Gasteiger partial charge in [-0.2, -0.15) is 0 Å². The highest BCUT2D eigenvalue weighted by atomic mass is 32.1. The predicted molar refractivity (Wildman–Crippen MR) is 124 cm³/mol. The second kappa shape index (κ2) is 8.89. The van der Waals surface area contributed by atoms with Crippen LogP contribution in [0.2, 0.25) is 0 Å². The van der Waals surface area contributed by atoms with Crippen LogP contribution in [0.4, 0.5) is 0 Å². The summed E-state index contributed by atoms with van der Waals surface area (Å²) < 4.78 is 7.04. The molecule has 3 aromatic rings. The van der Waals surface area contributed by atoms with E-state index in [0.29, 0.717) is 11.7 Å². The van der Waals surface area contributed by atoms with Gasteiger partial charge in [0.1, 0.15) is 0 Å². The van der Waals surface area contributed by atoms with Crippen molar-refractivity contribution in [3.05, 3.63) is 83.4 Å². The minimum atomic E-state index is -0.257. The molecule has 4 rings (SSSR count). The molecule has 0 radical (unpaired) electrons. The van der Waals surface area contributed by atoms with Gasteiger partial charge < -0.3 is 19.5 Å². The monoisotopic (exact) mass is 434 g/mol. The van der Waals surface area contributed by atoms with Crippen molar-refractivity contribution in [2.45, 2.75) is 32.4 Å². The molecule has 7 heteroatoms. The first-order chi connectivity index (χ1) is 15.0. The van der Waals surface area contributed by atoms with E-state index in [1.54, 1.807) is 6.20 Å². The Hall–Kier alpha value is -3.19. The number of hydrogen-bond donors (Lipinski definition) is 1. The average Bonchev–Trinajstić information content (AvgIpc) is 3.38. The van der Waals surface area contributed by atoms with E-state index >= 15 is 0 Å². The molecule has 0 spiro atoms. The Bertz CT molecular complexity index is 1100. The summed E-state index contributed by atoms with van der Waals surface area (Å²) in [5.74, 6) is -0.257. The molecule has 1 aliphatic rings. The molecule has 0 amide bonds. The van der Waals surface area contributed by atoms with E-state index in [4.69, 9.17) is 17.0 Å². The minimum Gasteiger partial charge on any atom is -0.469 e. The number of aromatic nitrogens is 2. The fourth-order valence-corrected chi connectivity index (χ4v) is 4.36. The van der Waals surface area contributed by atoms with Gasteiger partial charge in [0.05, 0.1) is 31.3 Å². The number of ether oxygens (including phenoxy) is 1. The smallest absolute Gasteiger partial charge is 0.307 e. The molecule has 31 heavy (non-hydrogen) atoms. The van der Waals surface area contributed by atoms with Crippen molar-refractivity contribution in [2.24, 2.45) is 0 Å². The molecular formula is C24H26N4O2S. The van der Waals surface area contributed by atoms with Gasteiger partial charge in [-0.15, -0.1) is 0 Å². The fraction of sp³-hybridized carbons (Fsp3) is 0.292. The number of carbonyl (C=O) groups is 1. The quantitative estimate of drug-likeness (QED) is 0.467. The van der Waals surface area contributed by atoms with Crippen LogP contribution in [0, 0.1) is 13.8 Å². The van der Waals surface area contributed by atoms with Crippen LogP contribution in [0.1, 0.15) is 41.0 Å². The molecule has 3 heterocycles. The van der Waals surface area contributed by atoms with Crippen LogP contribution in [-0.4, -0.2) is 39.2 Å². The maximum Gasteiger partial charge on any atom is 0.307 e. The molecule has 0 aliphatic carbocycles. The summed E-state index contributed by atoms with van der Waals surface area (Å²) in [5.41, 5.74) is 5.57. The van der Waals surface area contributed by atoms with Crippen molar-refractivity contribution < 1.29 is 9.53 Å². The lowest BCUT2D eigenvalue weighted by atomic mass is 10.0. The van der Waals surface area contributed by atoms with Crippen molar-refractivity contribution in [2.75, 3.05) is 13.7 Å². The number of aryl methyl sites for hydroxylation is 2. The van der Waals surface area contributed by atoms with E-state index in [1.807, 2.05) is 24.3 Å². The summed E-state index contributed by atoms with van der Waals surface area (Å²) in [5, 5.41) is 4.04. The second-order valence-corrected chi connectivity index (χ2v) is 8.10. The topological polar surface area (TPSA) is 59.4 Å². The molecule has 2 aromatic heterocycles. The third-order valence-corrected chi connectivity index (χ3v) is 6.19. The van der Waals surface area contributed by atoms with Crippen molar-refractivity contribution in [3.8, 4) is 5.69 Å². The van der Waals surface area contributed by atoms with Crippen molar-refractivity contribution in [1.29, 1.82) is 0 Å². The Morgan fingerprint density at radius 1 is 1.16 bits per heavy atom. The standard InChI is InChI=1S/C24H26N4O2S/c1-16-9-10-18(15-17(16)2)27-13-6-8-20(27)23-22(19-7-4-5-12-25-19)26-24(31)28(23)14-11-21(29)30-3/h4-10,12-13,15,22-23H,11,14H2,1-3H3,(H,26,31)/t22-,23-/m0/s1. The van der Waals surface area contributed by atoms with E-state index in [0.717, 1.165) is 17.1 Å². The number of esters is 1. The Kier molecular flexibility index (Phi) is 6.04. The number of carbonyl (C=O) groups excluding carboxylic acids is 1. The zero-order valence-electron chi connectivity index (χ0n) is 17.9. The van der Waals surface area contributed by atoms with Crippen LogP contribution >= 0.6 is 12.2 Å². The number of pyridine rings is 1. The third-order valence-electron chi connectivity index (χ3n) is 5.83. The van der Waals surface area contributed by atoms with Gasteiger partial charge in [-0.1, -0.05) is 12.1 Å². The summed E-state index contributed by atoms with van der Waals surface area (Å²) in [6.07, 6.45) is 4.11. The lowest BCUT2D eigenvalue weighted by Gasteiger charge is -2.28. The van der Waals surface area contributed by atoms with Gasteiger partial charge in [0.15, 0.2) is 5.11 Å². The van der Waals surface area contributed by atoms with E-state index in [2.05, 4.69) is 64.1 Å².